The lowest BCUT2D eigenvalue weighted by Gasteiger charge is -2.70. The van der Waals surface area contributed by atoms with Crippen molar-refractivity contribution in [3.63, 3.8) is 0 Å². The van der Waals surface area contributed by atoms with Crippen LogP contribution in [0.5, 0.6) is 0 Å². The van der Waals surface area contributed by atoms with Crippen LogP contribution >= 0.6 is 0 Å². The van der Waals surface area contributed by atoms with Gasteiger partial charge in [-0.3, -0.25) is 9.59 Å². The number of ether oxygens (including phenoxy) is 1. The van der Waals surface area contributed by atoms with Gasteiger partial charge in [-0.15, -0.1) is 0 Å². The minimum atomic E-state index is -0.624. The molecule has 0 aromatic rings. The summed E-state index contributed by atoms with van der Waals surface area (Å²) in [6, 6.07) is 0. The van der Waals surface area contributed by atoms with E-state index in [1.54, 1.807) is 5.57 Å². The van der Waals surface area contributed by atoms with Gasteiger partial charge in [-0.2, -0.15) is 0 Å². The highest BCUT2D eigenvalue weighted by molar-refractivity contribution is 5.92. The van der Waals surface area contributed by atoms with E-state index < -0.39 is 11.4 Å². The van der Waals surface area contributed by atoms with Crippen molar-refractivity contribution >= 4 is 11.8 Å². The fraction of sp³-hybridized carbons (Fsp3) is 0.867. The van der Waals surface area contributed by atoms with Crippen molar-refractivity contribution < 1.29 is 19.4 Å². The molecule has 1 saturated heterocycles. The number of carboxylic acids is 1. The second kappa shape index (κ2) is 6.39. The normalized spacial score (nSPS) is 57.2. The third-order valence-electron chi connectivity index (χ3n) is 13.4. The molecule has 0 spiro atoms. The smallest absolute Gasteiger partial charge is 0.309 e. The monoisotopic (exact) mass is 468 g/mol. The minimum Gasteiger partial charge on any atom is -0.481 e. The van der Waals surface area contributed by atoms with Gasteiger partial charge in [0.1, 0.15) is 6.10 Å². The molecule has 1 aliphatic heterocycles. The third-order valence-corrected chi connectivity index (χ3v) is 13.4. The maximum atomic E-state index is 13.1. The molecule has 6 aliphatic rings. The number of epoxide rings is 1. The molecule has 0 aromatic carbocycles. The highest BCUT2D eigenvalue weighted by Crippen LogP contribution is 2.77. The molecule has 0 aromatic heterocycles. The fourth-order valence-electron chi connectivity index (χ4n) is 10.7. The summed E-state index contributed by atoms with van der Waals surface area (Å²) < 4.78 is 6.18. The van der Waals surface area contributed by atoms with E-state index in [1.165, 1.54) is 12.8 Å². The van der Waals surface area contributed by atoms with Gasteiger partial charge in [-0.25, -0.2) is 0 Å². The summed E-state index contributed by atoms with van der Waals surface area (Å²) in [7, 11) is 0. The predicted molar refractivity (Wildman–Crippen MR) is 131 cm³/mol. The Bertz CT molecular complexity index is 1010. The molecule has 1 heterocycles. The number of aliphatic carboxylic acids is 1. The number of carbonyl (C=O) groups excluding carboxylic acids is 1. The van der Waals surface area contributed by atoms with Gasteiger partial charge in [0.2, 0.25) is 0 Å². The SMILES string of the molecule is CC1(C)C(=O)[C@H]2O[C@H]2[C@@]2(C)C1CC[C@]1(C)C2CC=C2C3C[C@@](C)(C(=O)O)CC[C@]3(C)CC[C@]21C. The van der Waals surface area contributed by atoms with Crippen molar-refractivity contribution in [3.05, 3.63) is 11.6 Å². The van der Waals surface area contributed by atoms with Gasteiger partial charge < -0.3 is 9.84 Å². The molecular formula is C30H44O4. The Morgan fingerprint density at radius 1 is 0.971 bits per heavy atom. The van der Waals surface area contributed by atoms with Crippen LogP contribution in [0.2, 0.25) is 0 Å². The Balaban J connectivity index is 1.44. The topological polar surface area (TPSA) is 66.9 Å². The Labute approximate surface area is 205 Å². The van der Waals surface area contributed by atoms with Crippen LogP contribution in [0.4, 0.5) is 0 Å². The maximum absolute atomic E-state index is 13.1. The molecule has 0 bridgehead atoms. The first kappa shape index (κ1) is 23.3. The van der Waals surface area contributed by atoms with Gasteiger partial charge in [0.05, 0.1) is 11.5 Å². The summed E-state index contributed by atoms with van der Waals surface area (Å²) >= 11 is 0. The van der Waals surface area contributed by atoms with Gasteiger partial charge in [0.25, 0.3) is 0 Å². The van der Waals surface area contributed by atoms with Crippen molar-refractivity contribution in [3.8, 4) is 0 Å². The van der Waals surface area contributed by atoms with Gasteiger partial charge >= 0.3 is 5.97 Å². The average molecular weight is 469 g/mol. The second-order valence-corrected chi connectivity index (χ2v) is 15.0. The predicted octanol–water partition coefficient (Wildman–Crippen LogP) is 6.43. The largest absolute Gasteiger partial charge is 0.481 e. The number of fused-ring (bicyclic) bond motifs is 9. The lowest BCUT2D eigenvalue weighted by Crippen LogP contribution is -2.66. The van der Waals surface area contributed by atoms with Crippen molar-refractivity contribution in [2.75, 3.05) is 0 Å². The van der Waals surface area contributed by atoms with Crippen LogP contribution in [0.1, 0.15) is 99.8 Å². The Morgan fingerprint density at radius 3 is 2.32 bits per heavy atom. The number of carbonyl (C=O) groups is 2. The molecular weight excluding hydrogens is 424 g/mol. The first-order valence-electron chi connectivity index (χ1n) is 13.8. The van der Waals surface area contributed by atoms with Crippen molar-refractivity contribution in [2.24, 2.45) is 50.2 Å². The highest BCUT2D eigenvalue weighted by atomic mass is 16.6. The van der Waals surface area contributed by atoms with E-state index in [4.69, 9.17) is 4.74 Å². The zero-order valence-electron chi connectivity index (χ0n) is 22.3. The third kappa shape index (κ3) is 2.45. The fourth-order valence-corrected chi connectivity index (χ4v) is 10.7. The number of allylic oxidation sites excluding steroid dienone is 2. The average Bonchev–Trinajstić information content (AvgIpc) is 3.56. The van der Waals surface area contributed by atoms with Crippen LogP contribution in [0.25, 0.3) is 0 Å². The van der Waals surface area contributed by atoms with E-state index in [9.17, 15) is 14.7 Å². The van der Waals surface area contributed by atoms with Crippen LogP contribution in [-0.4, -0.2) is 29.1 Å². The van der Waals surface area contributed by atoms with Crippen LogP contribution < -0.4 is 0 Å². The zero-order valence-corrected chi connectivity index (χ0v) is 22.3. The van der Waals surface area contributed by atoms with E-state index in [2.05, 4.69) is 47.6 Å². The van der Waals surface area contributed by atoms with Gasteiger partial charge in [-0.1, -0.05) is 53.2 Å². The quantitative estimate of drug-likeness (QED) is 0.356. The Morgan fingerprint density at radius 2 is 1.65 bits per heavy atom. The van der Waals surface area contributed by atoms with Crippen molar-refractivity contribution in [2.45, 2.75) is 112 Å². The second-order valence-electron chi connectivity index (χ2n) is 15.0. The van der Waals surface area contributed by atoms with Crippen molar-refractivity contribution in [1.82, 2.24) is 0 Å². The first-order chi connectivity index (χ1) is 15.7. The van der Waals surface area contributed by atoms with Gasteiger partial charge in [0.15, 0.2) is 5.78 Å². The maximum Gasteiger partial charge on any atom is 0.309 e. The molecule has 5 fully saturated rings. The van der Waals surface area contributed by atoms with E-state index in [0.717, 1.165) is 38.5 Å². The summed E-state index contributed by atoms with van der Waals surface area (Å²) in [6.07, 6.45) is 10.7. The van der Waals surface area contributed by atoms with E-state index >= 15 is 0 Å². The molecule has 6 rings (SSSR count). The van der Waals surface area contributed by atoms with Gasteiger partial charge in [0, 0.05) is 10.8 Å². The standard InChI is InChI=1S/C30H44O4/c1-25(2)19-10-11-29(6)20(30(19,7)23-21(34-23)22(25)31)9-8-17-18-16-27(4,24(32)33)13-12-26(18,3)14-15-28(17,29)5/h8,18-21,23H,9-16H2,1-7H3,(H,32,33)/t18?,19?,20?,21-,23-,26-,27+,28-,29-,30+/m1/s1. The summed E-state index contributed by atoms with van der Waals surface area (Å²) in [4.78, 5) is 25.4. The van der Waals surface area contributed by atoms with E-state index in [-0.39, 0.29) is 39.3 Å². The van der Waals surface area contributed by atoms with Crippen molar-refractivity contribution in [1.29, 1.82) is 0 Å². The van der Waals surface area contributed by atoms with Crippen LogP contribution in [0.15, 0.2) is 11.6 Å². The number of hydrogen-bond donors (Lipinski definition) is 1. The number of hydrogen-bond acceptors (Lipinski definition) is 3. The van der Waals surface area contributed by atoms with Crippen LogP contribution in [-0.2, 0) is 14.3 Å². The van der Waals surface area contributed by atoms with Crippen LogP contribution in [0, 0.1) is 50.2 Å². The molecule has 10 atom stereocenters. The molecule has 188 valence electrons. The number of Topliss-reactive ketones (excluding diaryl/α,β-unsaturated/α-hetero) is 1. The molecule has 1 N–H and O–H groups in total. The molecule has 4 heteroatoms. The van der Waals surface area contributed by atoms with E-state index in [1.807, 2.05) is 6.92 Å². The summed E-state index contributed by atoms with van der Waals surface area (Å²) in [5, 5.41) is 10.1. The van der Waals surface area contributed by atoms with Crippen LogP contribution in [0.3, 0.4) is 0 Å². The summed E-state index contributed by atoms with van der Waals surface area (Å²) in [5.74, 6) is 0.922. The molecule has 34 heavy (non-hydrogen) atoms. The molecule has 4 nitrogen and oxygen atoms in total. The van der Waals surface area contributed by atoms with E-state index in [0.29, 0.717) is 23.5 Å². The number of ketones is 1. The highest BCUT2D eigenvalue weighted by Gasteiger charge is 2.76. The summed E-state index contributed by atoms with van der Waals surface area (Å²) in [6.45, 7) is 16.3. The minimum absolute atomic E-state index is 0.0169. The molecule has 5 aliphatic carbocycles. The molecule has 3 unspecified atom stereocenters. The Kier molecular flexibility index (Phi) is 4.37. The number of carboxylic acid groups (broad SMARTS) is 1. The zero-order chi connectivity index (χ0) is 24.7. The van der Waals surface area contributed by atoms with Gasteiger partial charge in [-0.05, 0) is 92.3 Å². The lowest BCUT2D eigenvalue weighted by atomic mass is 9.33. The lowest BCUT2D eigenvalue weighted by molar-refractivity contribution is -0.182. The molecule has 0 amide bonds. The summed E-state index contributed by atoms with van der Waals surface area (Å²) in [5.41, 5.74) is 1.10. The number of rotatable bonds is 1. The molecule has 4 saturated carbocycles. The Hall–Kier alpha value is -1.16. The first-order valence-corrected chi connectivity index (χ1v) is 13.8. The molecule has 0 radical (unpaired) electrons.